The Hall–Kier alpha value is 0.575. The van der Waals surface area contributed by atoms with Crippen LogP contribution in [0.3, 0.4) is 0 Å². The van der Waals surface area contributed by atoms with Crippen LogP contribution >= 0.6 is 11.9 Å². The van der Waals surface area contributed by atoms with E-state index in [0.717, 1.165) is 0 Å². The molecule has 0 saturated carbocycles. The second-order valence-corrected chi connectivity index (χ2v) is 1.80. The van der Waals surface area contributed by atoms with Gasteiger partial charge in [-0.2, -0.15) is 0 Å². The third-order valence-corrected chi connectivity index (χ3v) is 1.06. The van der Waals surface area contributed by atoms with Crippen LogP contribution in [0.2, 0.25) is 0 Å². The molecular weight excluding hydrogens is 176 g/mol. The summed E-state index contributed by atoms with van der Waals surface area (Å²) in [5.74, 6) is 0. The topological polar surface area (TPSA) is 86.8 Å². The first-order valence-electron chi connectivity index (χ1n) is 2.33. The first-order valence-corrected chi connectivity index (χ1v) is 3.21. The van der Waals surface area contributed by atoms with Gasteiger partial charge in [0.25, 0.3) is 0 Å². The SMILES string of the molecule is C1=CNSC=C1.O.[Na+].[O-]BO. The van der Waals surface area contributed by atoms with Gasteiger partial charge in [-0.15, -0.1) is 0 Å². The second kappa shape index (κ2) is 16.9. The van der Waals surface area contributed by atoms with Crippen LogP contribution in [0.5, 0.6) is 0 Å². The molecule has 0 aliphatic carbocycles. The Labute approximate surface area is 92.8 Å². The van der Waals surface area contributed by atoms with Crippen molar-refractivity contribution in [2.45, 2.75) is 0 Å². The monoisotopic (exact) mass is 185 g/mol. The van der Waals surface area contributed by atoms with Crippen molar-refractivity contribution in [3.05, 3.63) is 23.8 Å². The molecule has 0 aromatic heterocycles. The van der Waals surface area contributed by atoms with E-state index in [2.05, 4.69) is 4.72 Å². The van der Waals surface area contributed by atoms with E-state index < -0.39 is 7.69 Å². The molecule has 0 aromatic rings. The molecule has 1 aliphatic heterocycles. The molecule has 11 heavy (non-hydrogen) atoms. The van der Waals surface area contributed by atoms with Gasteiger partial charge >= 0.3 is 29.6 Å². The summed E-state index contributed by atoms with van der Waals surface area (Å²) < 4.78 is 2.93. The Morgan fingerprint density at radius 2 is 2.00 bits per heavy atom. The van der Waals surface area contributed by atoms with E-state index in [-0.39, 0.29) is 35.0 Å². The fraction of sp³-hybridized carbons (Fsp3) is 0. The number of hydrogen-bond acceptors (Lipinski definition) is 4. The minimum Gasteiger partial charge on any atom is -0.859 e. The van der Waals surface area contributed by atoms with E-state index in [1.54, 1.807) is 11.9 Å². The third-order valence-electron chi connectivity index (χ3n) is 0.490. The van der Waals surface area contributed by atoms with Crippen LogP contribution in [0.4, 0.5) is 0 Å². The first-order chi connectivity index (χ1) is 4.41. The molecular formula is C4H9BNNaO3S. The van der Waals surface area contributed by atoms with E-state index in [9.17, 15) is 0 Å². The molecule has 1 heterocycles. The zero-order valence-electron chi connectivity index (χ0n) is 6.28. The van der Waals surface area contributed by atoms with Gasteiger partial charge in [0.15, 0.2) is 7.69 Å². The van der Waals surface area contributed by atoms with E-state index >= 15 is 0 Å². The van der Waals surface area contributed by atoms with Crippen LogP contribution in [-0.2, 0) is 0 Å². The minimum atomic E-state index is -1.00. The van der Waals surface area contributed by atoms with Gasteiger partial charge in [-0.05, 0) is 23.4 Å². The quantitative estimate of drug-likeness (QED) is 0.292. The van der Waals surface area contributed by atoms with Crippen LogP contribution in [0.25, 0.3) is 0 Å². The summed E-state index contributed by atoms with van der Waals surface area (Å²) in [6.45, 7) is 0. The third kappa shape index (κ3) is 18.0. The van der Waals surface area contributed by atoms with Crippen molar-refractivity contribution in [2.24, 2.45) is 0 Å². The van der Waals surface area contributed by atoms with Crippen molar-refractivity contribution in [3.63, 3.8) is 0 Å². The number of rotatable bonds is 0. The normalized spacial score (nSPS) is 10.7. The second-order valence-electron chi connectivity index (χ2n) is 1.05. The zero-order chi connectivity index (χ0) is 6.95. The number of hydrogen-bond donors (Lipinski definition) is 2. The van der Waals surface area contributed by atoms with Gasteiger partial charge in [0, 0.05) is 6.20 Å². The van der Waals surface area contributed by atoms with Gasteiger partial charge in [-0.3, -0.25) is 0 Å². The van der Waals surface area contributed by atoms with Gasteiger partial charge in [0.05, 0.1) is 0 Å². The Morgan fingerprint density at radius 3 is 2.09 bits per heavy atom. The zero-order valence-corrected chi connectivity index (χ0v) is 9.10. The molecule has 4 nitrogen and oxygen atoms in total. The van der Waals surface area contributed by atoms with Crippen LogP contribution < -0.4 is 39.3 Å². The molecule has 0 amide bonds. The summed E-state index contributed by atoms with van der Waals surface area (Å²) in [4.78, 5) is 0. The Morgan fingerprint density at radius 1 is 1.45 bits per heavy atom. The van der Waals surface area contributed by atoms with Crippen molar-refractivity contribution in [2.75, 3.05) is 0 Å². The predicted molar refractivity (Wildman–Crippen MR) is 42.0 cm³/mol. The molecule has 58 valence electrons. The molecule has 1 rings (SSSR count). The molecule has 0 radical (unpaired) electrons. The fourth-order valence-electron chi connectivity index (χ4n) is 0.258. The molecule has 0 bridgehead atoms. The summed E-state index contributed by atoms with van der Waals surface area (Å²) >= 11 is 1.58. The molecule has 0 saturated heterocycles. The molecule has 0 aromatic carbocycles. The molecule has 4 N–H and O–H groups in total. The molecule has 1 aliphatic rings. The summed E-state index contributed by atoms with van der Waals surface area (Å²) in [6.07, 6.45) is 5.84. The standard InChI is InChI=1S/C4H5NS.BH2O2.Na.H2O/c1-2-4-6-5-3-1;2-1-3;;/h1-5H;1-2H;;1H2/q;-1;+1;. The maximum Gasteiger partial charge on any atom is 1.00 e. The first kappa shape index (κ1) is 17.6. The Kier molecular flexibility index (Phi) is 27.0. The fourth-order valence-corrected chi connectivity index (χ4v) is 0.663. The molecule has 7 heteroatoms. The Bertz CT molecular complexity index is 102. The number of nitrogens with one attached hydrogen (secondary N) is 1. The molecule has 0 spiro atoms. The van der Waals surface area contributed by atoms with Gasteiger partial charge in [-0.1, -0.05) is 6.08 Å². The maximum absolute atomic E-state index is 8.49. The molecule has 0 fully saturated rings. The largest absolute Gasteiger partial charge is 1.00 e. The summed E-state index contributed by atoms with van der Waals surface area (Å²) in [5, 5.41) is 17.5. The van der Waals surface area contributed by atoms with Gasteiger partial charge in [-0.25, -0.2) is 0 Å². The van der Waals surface area contributed by atoms with Crippen molar-refractivity contribution in [1.82, 2.24) is 4.72 Å². The Balaban J connectivity index is -0.000000116. The molecule has 0 unspecified atom stereocenters. The van der Waals surface area contributed by atoms with E-state index in [1.165, 1.54) is 0 Å². The van der Waals surface area contributed by atoms with Crippen LogP contribution in [0, 0.1) is 0 Å². The van der Waals surface area contributed by atoms with Crippen molar-refractivity contribution in [3.8, 4) is 0 Å². The van der Waals surface area contributed by atoms with Gasteiger partial charge < -0.3 is 20.2 Å². The van der Waals surface area contributed by atoms with E-state index in [1.807, 2.05) is 23.8 Å². The van der Waals surface area contributed by atoms with Crippen LogP contribution in [-0.4, -0.2) is 18.2 Å². The van der Waals surface area contributed by atoms with E-state index in [4.69, 9.17) is 10.0 Å². The summed E-state index contributed by atoms with van der Waals surface area (Å²) in [6, 6.07) is 0. The van der Waals surface area contributed by atoms with E-state index in [0.29, 0.717) is 0 Å². The van der Waals surface area contributed by atoms with Crippen LogP contribution in [0.15, 0.2) is 23.8 Å². The predicted octanol–water partition coefficient (Wildman–Crippen LogP) is -4.95. The maximum atomic E-state index is 8.49. The average molecular weight is 185 g/mol. The minimum absolute atomic E-state index is 0. The van der Waals surface area contributed by atoms with Crippen LogP contribution in [0.1, 0.15) is 0 Å². The number of allylic oxidation sites excluding steroid dienone is 2. The van der Waals surface area contributed by atoms with Crippen molar-refractivity contribution in [1.29, 1.82) is 0 Å². The summed E-state index contributed by atoms with van der Waals surface area (Å²) in [7, 11) is -1.00. The summed E-state index contributed by atoms with van der Waals surface area (Å²) in [5.41, 5.74) is 0. The van der Waals surface area contributed by atoms with Crippen molar-refractivity contribution >= 4 is 19.6 Å². The molecule has 0 atom stereocenters. The van der Waals surface area contributed by atoms with Crippen molar-refractivity contribution < 1.29 is 45.1 Å². The smallest absolute Gasteiger partial charge is 0.859 e. The van der Waals surface area contributed by atoms with Gasteiger partial charge in [0.2, 0.25) is 0 Å². The van der Waals surface area contributed by atoms with Gasteiger partial charge in [0.1, 0.15) is 0 Å². The average Bonchev–Trinajstić information content (AvgIpc) is 1.93.